The first kappa shape index (κ1) is 17.1. The number of nitrogens with one attached hydrogen (secondary N) is 1. The number of carbonyl (C=O) groups is 3. The Morgan fingerprint density at radius 2 is 2.00 bits per heavy atom. The van der Waals surface area contributed by atoms with Crippen LogP contribution in [0.4, 0.5) is 9.18 Å². The fourth-order valence-electron chi connectivity index (χ4n) is 2.27. The van der Waals surface area contributed by atoms with Crippen molar-refractivity contribution in [1.29, 1.82) is 0 Å². The van der Waals surface area contributed by atoms with Gasteiger partial charge < -0.3 is 16.2 Å². The van der Waals surface area contributed by atoms with Gasteiger partial charge in [0, 0.05) is 18.2 Å². The summed E-state index contributed by atoms with van der Waals surface area (Å²) >= 11 is 0. The lowest BCUT2D eigenvalue weighted by atomic mass is 9.93. The molecule has 1 atom stereocenters. The van der Waals surface area contributed by atoms with Crippen molar-refractivity contribution in [2.75, 3.05) is 0 Å². The van der Waals surface area contributed by atoms with Gasteiger partial charge in [-0.1, -0.05) is 6.07 Å². The Balaban J connectivity index is 2.47. The molecule has 5 N–H and O–H groups in total. The summed E-state index contributed by atoms with van der Waals surface area (Å²) in [5, 5.41) is 6.46. The van der Waals surface area contributed by atoms with Gasteiger partial charge in [-0.3, -0.25) is 14.7 Å². The molecule has 0 bridgehead atoms. The molecule has 0 aliphatic heterocycles. The zero-order chi connectivity index (χ0) is 17.9. The van der Waals surface area contributed by atoms with Crippen LogP contribution >= 0.6 is 0 Å². The highest BCUT2D eigenvalue weighted by molar-refractivity contribution is 6.01. The molecule has 126 valence electrons. The van der Waals surface area contributed by atoms with E-state index < -0.39 is 29.7 Å². The molecule has 1 heterocycles. The molecule has 1 aromatic carbocycles. The molecule has 2 rings (SSSR count). The Labute approximate surface area is 136 Å². The van der Waals surface area contributed by atoms with Gasteiger partial charge in [0.15, 0.2) is 11.9 Å². The number of hydrogen-bond donors (Lipinski definition) is 3. The van der Waals surface area contributed by atoms with E-state index in [9.17, 15) is 18.8 Å². The van der Waals surface area contributed by atoms with Crippen LogP contribution in [0.25, 0.3) is 11.3 Å². The van der Waals surface area contributed by atoms with Crippen molar-refractivity contribution in [2.24, 2.45) is 11.5 Å². The standard InChI is InChI=1S/C15H15FN4O4/c1-7(24-15(18)23)11(21)6-8-2-3-9(16)13(14(17)22)12(8)10-4-5-19-20-10/h2-5,7H,6H2,1H3,(H2,17,22)(H2,18,23)(H,19,20). The number of benzene rings is 1. The minimum atomic E-state index is -1.09. The van der Waals surface area contributed by atoms with Crippen LogP contribution in [0, 0.1) is 5.82 Å². The summed E-state index contributed by atoms with van der Waals surface area (Å²) in [7, 11) is 0. The van der Waals surface area contributed by atoms with Crippen LogP contribution in [0.3, 0.4) is 0 Å². The molecule has 8 nitrogen and oxygen atoms in total. The third kappa shape index (κ3) is 3.57. The Morgan fingerprint density at radius 1 is 1.29 bits per heavy atom. The maximum Gasteiger partial charge on any atom is 0.405 e. The highest BCUT2D eigenvalue weighted by Gasteiger charge is 2.24. The van der Waals surface area contributed by atoms with E-state index in [1.54, 1.807) is 0 Å². The van der Waals surface area contributed by atoms with E-state index in [4.69, 9.17) is 11.5 Å². The topological polar surface area (TPSA) is 141 Å². The monoisotopic (exact) mass is 334 g/mol. The summed E-state index contributed by atoms with van der Waals surface area (Å²) in [6.45, 7) is 1.36. The third-order valence-electron chi connectivity index (χ3n) is 3.36. The van der Waals surface area contributed by atoms with Crippen molar-refractivity contribution < 1.29 is 23.5 Å². The normalized spacial score (nSPS) is 11.8. The van der Waals surface area contributed by atoms with E-state index in [1.807, 2.05) is 0 Å². The number of hydrogen-bond acceptors (Lipinski definition) is 5. The number of nitrogens with zero attached hydrogens (tertiary/aromatic N) is 1. The number of ketones is 1. The number of rotatable bonds is 6. The Kier molecular flexibility index (Phi) is 4.93. The van der Waals surface area contributed by atoms with Gasteiger partial charge in [-0.2, -0.15) is 5.10 Å². The van der Waals surface area contributed by atoms with Crippen molar-refractivity contribution >= 4 is 17.8 Å². The number of aromatic nitrogens is 2. The molecular weight excluding hydrogens is 319 g/mol. The molecule has 0 radical (unpaired) electrons. The van der Waals surface area contributed by atoms with Gasteiger partial charge >= 0.3 is 6.09 Å². The van der Waals surface area contributed by atoms with Gasteiger partial charge in [-0.15, -0.1) is 0 Å². The van der Waals surface area contributed by atoms with Crippen LogP contribution in [0.2, 0.25) is 0 Å². The predicted octanol–water partition coefficient (Wildman–Crippen LogP) is 0.910. The van der Waals surface area contributed by atoms with Crippen molar-refractivity contribution in [3.05, 3.63) is 41.3 Å². The zero-order valence-corrected chi connectivity index (χ0v) is 12.7. The van der Waals surface area contributed by atoms with Crippen molar-refractivity contribution in [3.63, 3.8) is 0 Å². The second-order valence-corrected chi connectivity index (χ2v) is 5.00. The van der Waals surface area contributed by atoms with Crippen LogP contribution < -0.4 is 11.5 Å². The summed E-state index contributed by atoms with van der Waals surface area (Å²) < 4.78 is 18.6. The number of Topliss-reactive ketones (excluding diaryl/α,β-unsaturated/α-hetero) is 1. The third-order valence-corrected chi connectivity index (χ3v) is 3.36. The number of primary amides is 2. The number of aromatic amines is 1. The molecule has 0 aliphatic carbocycles. The predicted molar refractivity (Wildman–Crippen MR) is 81.3 cm³/mol. The number of halogens is 1. The van der Waals surface area contributed by atoms with E-state index in [0.717, 1.165) is 6.07 Å². The van der Waals surface area contributed by atoms with Crippen molar-refractivity contribution in [3.8, 4) is 11.3 Å². The zero-order valence-electron chi connectivity index (χ0n) is 12.7. The lowest BCUT2D eigenvalue weighted by molar-refractivity contribution is -0.125. The van der Waals surface area contributed by atoms with Crippen molar-refractivity contribution in [1.82, 2.24) is 10.2 Å². The second kappa shape index (κ2) is 6.90. The maximum atomic E-state index is 14.0. The van der Waals surface area contributed by atoms with Gasteiger partial charge in [0.1, 0.15) is 5.82 Å². The van der Waals surface area contributed by atoms with Crippen LogP contribution in [0.5, 0.6) is 0 Å². The average Bonchev–Trinajstić information content (AvgIpc) is 3.01. The van der Waals surface area contributed by atoms with Crippen molar-refractivity contribution in [2.45, 2.75) is 19.4 Å². The fourth-order valence-corrected chi connectivity index (χ4v) is 2.27. The van der Waals surface area contributed by atoms with Gasteiger partial charge in [-0.25, -0.2) is 9.18 Å². The summed E-state index contributed by atoms with van der Waals surface area (Å²) in [6.07, 6.45) is -0.913. The summed E-state index contributed by atoms with van der Waals surface area (Å²) in [5.41, 5.74) is 10.5. The lowest BCUT2D eigenvalue weighted by Gasteiger charge is -2.14. The SMILES string of the molecule is CC(OC(N)=O)C(=O)Cc1ccc(F)c(C(N)=O)c1-c1cc[nH]n1. The van der Waals surface area contributed by atoms with Gasteiger partial charge in [-0.05, 0) is 24.6 Å². The molecule has 2 aromatic rings. The molecule has 0 fully saturated rings. The average molecular weight is 334 g/mol. The molecule has 9 heteroatoms. The molecular formula is C15H15FN4O4. The summed E-state index contributed by atoms with van der Waals surface area (Å²) in [6, 6.07) is 3.90. The number of carbonyl (C=O) groups excluding carboxylic acids is 3. The fraction of sp³-hybridized carbons (Fsp3) is 0.200. The first-order valence-corrected chi connectivity index (χ1v) is 6.91. The van der Waals surface area contributed by atoms with E-state index in [1.165, 1.54) is 25.3 Å². The van der Waals surface area contributed by atoms with Crippen LogP contribution in [-0.4, -0.2) is 34.1 Å². The van der Waals surface area contributed by atoms with E-state index in [2.05, 4.69) is 14.9 Å². The Morgan fingerprint density at radius 3 is 2.54 bits per heavy atom. The maximum absolute atomic E-state index is 14.0. The molecule has 0 spiro atoms. The smallest absolute Gasteiger partial charge is 0.405 e. The Hall–Kier alpha value is -3.23. The molecule has 0 aliphatic rings. The summed E-state index contributed by atoms with van der Waals surface area (Å²) in [5.74, 6) is -2.29. The number of H-pyrrole nitrogens is 1. The Bertz CT molecular complexity index is 789. The van der Waals surface area contributed by atoms with E-state index in [0.29, 0.717) is 5.56 Å². The molecule has 24 heavy (non-hydrogen) atoms. The minimum absolute atomic E-state index is 0.114. The second-order valence-electron chi connectivity index (χ2n) is 5.00. The van der Waals surface area contributed by atoms with E-state index >= 15 is 0 Å². The minimum Gasteiger partial charge on any atom is -0.439 e. The van der Waals surface area contributed by atoms with Crippen LogP contribution in [0.1, 0.15) is 22.8 Å². The van der Waals surface area contributed by atoms with Gasteiger partial charge in [0.2, 0.25) is 0 Å². The number of nitrogens with two attached hydrogens (primary N) is 2. The number of ether oxygens (including phenoxy) is 1. The summed E-state index contributed by atoms with van der Waals surface area (Å²) in [4.78, 5) is 34.5. The highest BCUT2D eigenvalue weighted by atomic mass is 19.1. The molecule has 0 saturated carbocycles. The lowest BCUT2D eigenvalue weighted by Crippen LogP contribution is -2.28. The largest absolute Gasteiger partial charge is 0.439 e. The molecule has 1 aromatic heterocycles. The molecule has 0 saturated heterocycles. The van der Waals surface area contributed by atoms with Crippen LogP contribution in [-0.2, 0) is 16.0 Å². The quantitative estimate of drug-likeness (QED) is 0.720. The first-order valence-electron chi connectivity index (χ1n) is 6.91. The van der Waals surface area contributed by atoms with Gasteiger partial charge in [0.05, 0.1) is 11.3 Å². The van der Waals surface area contributed by atoms with E-state index in [-0.39, 0.29) is 23.2 Å². The highest BCUT2D eigenvalue weighted by Crippen LogP contribution is 2.29. The van der Waals surface area contributed by atoms with Crippen LogP contribution in [0.15, 0.2) is 24.4 Å². The number of amides is 2. The molecule has 2 amide bonds. The molecule has 1 unspecified atom stereocenters. The first-order chi connectivity index (χ1) is 11.3. The van der Waals surface area contributed by atoms with Gasteiger partial charge in [0.25, 0.3) is 5.91 Å².